The minimum absolute atomic E-state index is 0.263. The van der Waals surface area contributed by atoms with Crippen molar-refractivity contribution < 1.29 is 13.9 Å². The van der Waals surface area contributed by atoms with Crippen LogP contribution in [0.2, 0.25) is 0 Å². The summed E-state index contributed by atoms with van der Waals surface area (Å²) in [5, 5.41) is 2.94. The average molecular weight is 629 g/mol. The fourth-order valence-corrected chi connectivity index (χ4v) is 5.63. The van der Waals surface area contributed by atoms with Crippen molar-refractivity contribution in [2.45, 2.75) is 13.0 Å². The molecule has 1 atom stereocenters. The number of ether oxygens (including phenoxy) is 1. The van der Waals surface area contributed by atoms with Gasteiger partial charge in [-0.05, 0) is 74.7 Å². The monoisotopic (exact) mass is 627 g/mol. The van der Waals surface area contributed by atoms with E-state index in [0.29, 0.717) is 42.5 Å². The standard InChI is InChI=1S/C26H19Br2N3O4S/c1-14-21(24(32)30-16-6-4-3-5-7-16)22(15-8-10-17(34-2)11-9-15)31-25(33)20(36-26(31)29-14)13-18-12-19(27)23(28)35-18/h3-13,22H,1-2H3,(H,30,32)/b20-13+/t22-/m0/s1. The smallest absolute Gasteiger partial charge is 0.271 e. The van der Waals surface area contributed by atoms with Crippen molar-refractivity contribution in [1.29, 1.82) is 0 Å². The van der Waals surface area contributed by atoms with Gasteiger partial charge in [0.2, 0.25) is 0 Å². The Morgan fingerprint density at radius 2 is 1.89 bits per heavy atom. The molecular weight excluding hydrogens is 610 g/mol. The van der Waals surface area contributed by atoms with Gasteiger partial charge in [0.15, 0.2) is 9.47 Å². The number of amides is 1. The number of nitrogens with one attached hydrogen (secondary N) is 1. The van der Waals surface area contributed by atoms with Gasteiger partial charge in [0.25, 0.3) is 11.5 Å². The molecule has 0 fully saturated rings. The molecule has 1 aliphatic heterocycles. The lowest BCUT2D eigenvalue weighted by molar-refractivity contribution is -0.113. The second kappa shape index (κ2) is 10.0. The van der Waals surface area contributed by atoms with Crippen molar-refractivity contribution in [1.82, 2.24) is 4.57 Å². The van der Waals surface area contributed by atoms with Crippen LogP contribution in [0, 0.1) is 0 Å². The minimum atomic E-state index is -0.673. The van der Waals surface area contributed by atoms with Crippen molar-refractivity contribution in [3.05, 3.63) is 112 Å². The Balaban J connectivity index is 1.67. The van der Waals surface area contributed by atoms with Gasteiger partial charge in [0.05, 0.1) is 33.4 Å². The van der Waals surface area contributed by atoms with Gasteiger partial charge in [-0.25, -0.2) is 4.99 Å². The van der Waals surface area contributed by atoms with E-state index in [0.717, 1.165) is 10.0 Å². The molecule has 182 valence electrons. The number of halogens is 2. The Hall–Kier alpha value is -3.21. The Morgan fingerprint density at radius 3 is 2.53 bits per heavy atom. The number of benzene rings is 2. The number of rotatable bonds is 5. The predicted molar refractivity (Wildman–Crippen MR) is 146 cm³/mol. The molecule has 7 nitrogen and oxygen atoms in total. The summed E-state index contributed by atoms with van der Waals surface area (Å²) in [7, 11) is 1.59. The molecule has 3 heterocycles. The predicted octanol–water partition coefficient (Wildman–Crippen LogP) is 5.00. The van der Waals surface area contributed by atoms with E-state index in [4.69, 9.17) is 9.15 Å². The first kappa shape index (κ1) is 24.5. The summed E-state index contributed by atoms with van der Waals surface area (Å²) in [6, 6.07) is 17.6. The molecule has 0 saturated carbocycles. The van der Waals surface area contributed by atoms with Gasteiger partial charge in [-0.3, -0.25) is 14.2 Å². The molecule has 0 spiro atoms. The van der Waals surface area contributed by atoms with Gasteiger partial charge in [-0.2, -0.15) is 0 Å². The number of carbonyl (C=O) groups excluding carboxylic acids is 1. The Labute approximate surface area is 226 Å². The number of methoxy groups -OCH3 is 1. The number of anilines is 1. The van der Waals surface area contributed by atoms with Crippen molar-refractivity contribution in [2.75, 3.05) is 12.4 Å². The number of allylic oxidation sites excluding steroid dienone is 1. The largest absolute Gasteiger partial charge is 0.497 e. The summed E-state index contributed by atoms with van der Waals surface area (Å²) in [6.07, 6.45) is 1.67. The molecule has 0 unspecified atom stereocenters. The van der Waals surface area contributed by atoms with E-state index in [1.54, 1.807) is 30.7 Å². The Morgan fingerprint density at radius 1 is 1.17 bits per heavy atom. The van der Waals surface area contributed by atoms with Crippen LogP contribution in [-0.2, 0) is 4.79 Å². The average Bonchev–Trinajstić information content (AvgIpc) is 3.35. The third-order valence-corrected chi connectivity index (χ3v) is 8.36. The van der Waals surface area contributed by atoms with Crippen molar-refractivity contribution in [2.24, 2.45) is 4.99 Å². The first-order chi connectivity index (χ1) is 17.4. The number of nitrogens with zero attached hydrogens (tertiary/aromatic N) is 2. The summed E-state index contributed by atoms with van der Waals surface area (Å²) in [6.45, 7) is 1.79. The van der Waals surface area contributed by atoms with Gasteiger partial charge in [0, 0.05) is 11.8 Å². The summed E-state index contributed by atoms with van der Waals surface area (Å²) < 4.78 is 14.2. The highest BCUT2D eigenvalue weighted by atomic mass is 79.9. The van der Waals surface area contributed by atoms with Crippen molar-refractivity contribution in [3.8, 4) is 5.75 Å². The molecule has 5 rings (SSSR count). The van der Waals surface area contributed by atoms with E-state index in [1.165, 1.54) is 11.3 Å². The first-order valence-corrected chi connectivity index (χ1v) is 13.2. The van der Waals surface area contributed by atoms with Crippen LogP contribution in [0.25, 0.3) is 6.08 Å². The number of fused-ring (bicyclic) bond motifs is 1. The third kappa shape index (κ3) is 4.63. The lowest BCUT2D eigenvalue weighted by Gasteiger charge is -2.25. The van der Waals surface area contributed by atoms with E-state index in [9.17, 15) is 9.59 Å². The van der Waals surface area contributed by atoms with Crippen LogP contribution in [-0.4, -0.2) is 17.6 Å². The van der Waals surface area contributed by atoms with Gasteiger partial charge in [-0.15, -0.1) is 0 Å². The fourth-order valence-electron chi connectivity index (χ4n) is 4.00. The normalized spacial score (nSPS) is 15.4. The van der Waals surface area contributed by atoms with Crippen LogP contribution < -0.4 is 24.9 Å². The van der Waals surface area contributed by atoms with Crippen molar-refractivity contribution >= 4 is 60.9 Å². The number of thiazole rings is 1. The summed E-state index contributed by atoms with van der Waals surface area (Å²) in [5.41, 5.74) is 2.09. The van der Waals surface area contributed by atoms with Crippen LogP contribution in [0.4, 0.5) is 5.69 Å². The fraction of sp³-hybridized carbons (Fsp3) is 0.115. The van der Waals surface area contributed by atoms with E-state index in [-0.39, 0.29) is 11.5 Å². The van der Waals surface area contributed by atoms with E-state index in [1.807, 2.05) is 54.6 Å². The Kier molecular flexibility index (Phi) is 6.83. The minimum Gasteiger partial charge on any atom is -0.497 e. The highest BCUT2D eigenvalue weighted by Crippen LogP contribution is 2.32. The molecule has 0 saturated heterocycles. The zero-order valence-electron chi connectivity index (χ0n) is 19.1. The van der Waals surface area contributed by atoms with Crippen LogP contribution in [0.1, 0.15) is 24.3 Å². The molecule has 0 bridgehead atoms. The highest BCUT2D eigenvalue weighted by Gasteiger charge is 2.32. The van der Waals surface area contributed by atoms with E-state index in [2.05, 4.69) is 42.2 Å². The first-order valence-electron chi connectivity index (χ1n) is 10.8. The summed E-state index contributed by atoms with van der Waals surface area (Å²) >= 11 is 7.96. The number of carbonyl (C=O) groups is 1. The highest BCUT2D eigenvalue weighted by molar-refractivity contribution is 9.13. The van der Waals surface area contributed by atoms with Crippen LogP contribution in [0.5, 0.6) is 5.75 Å². The molecule has 1 N–H and O–H groups in total. The molecule has 2 aromatic heterocycles. The van der Waals surface area contributed by atoms with Crippen LogP contribution >= 0.6 is 43.2 Å². The molecule has 10 heteroatoms. The maximum absolute atomic E-state index is 13.7. The quantitative estimate of drug-likeness (QED) is 0.337. The molecule has 1 amide bonds. The maximum Gasteiger partial charge on any atom is 0.271 e. The molecule has 0 aliphatic carbocycles. The zero-order valence-corrected chi connectivity index (χ0v) is 23.1. The van der Waals surface area contributed by atoms with Crippen LogP contribution in [0.15, 0.2) is 95.3 Å². The number of para-hydroxylation sites is 1. The van der Waals surface area contributed by atoms with Gasteiger partial charge >= 0.3 is 0 Å². The maximum atomic E-state index is 13.7. The number of hydrogen-bond acceptors (Lipinski definition) is 6. The Bertz CT molecular complexity index is 1650. The second-order valence-corrected chi connectivity index (χ2v) is 10.5. The SMILES string of the molecule is COc1ccc([C@H]2C(C(=O)Nc3ccccc3)=C(C)N=c3s/c(=C/c4cc(Br)c(Br)o4)c(=O)n32)cc1. The van der Waals surface area contributed by atoms with Gasteiger partial charge < -0.3 is 14.5 Å². The lowest BCUT2D eigenvalue weighted by atomic mass is 9.95. The topological polar surface area (TPSA) is 85.8 Å². The third-order valence-electron chi connectivity index (χ3n) is 5.67. The molecule has 2 aromatic carbocycles. The number of aromatic nitrogens is 1. The summed E-state index contributed by atoms with van der Waals surface area (Å²) in [5.74, 6) is 0.866. The molecule has 1 aliphatic rings. The molecule has 4 aromatic rings. The van der Waals surface area contributed by atoms with E-state index >= 15 is 0 Å². The number of hydrogen-bond donors (Lipinski definition) is 1. The number of furan rings is 1. The van der Waals surface area contributed by atoms with E-state index < -0.39 is 6.04 Å². The second-order valence-electron chi connectivity index (χ2n) is 7.95. The summed E-state index contributed by atoms with van der Waals surface area (Å²) in [4.78, 5) is 32.4. The molecule has 0 radical (unpaired) electrons. The van der Waals surface area contributed by atoms with Crippen LogP contribution in [0.3, 0.4) is 0 Å². The van der Waals surface area contributed by atoms with Gasteiger partial charge in [-0.1, -0.05) is 41.7 Å². The van der Waals surface area contributed by atoms with Gasteiger partial charge in [0.1, 0.15) is 11.5 Å². The van der Waals surface area contributed by atoms with Crippen molar-refractivity contribution in [3.63, 3.8) is 0 Å². The lowest BCUT2D eigenvalue weighted by Crippen LogP contribution is -2.40. The molecule has 36 heavy (non-hydrogen) atoms. The molecular formula is C26H19Br2N3O4S. The zero-order chi connectivity index (χ0) is 25.4.